The van der Waals surface area contributed by atoms with Gasteiger partial charge < -0.3 is 35.2 Å². The molecule has 1 rings (SSSR count). The Kier molecular flexibility index (Phi) is 5.09. The van der Waals surface area contributed by atoms with Crippen LogP contribution in [0.1, 0.15) is 6.92 Å². The Labute approximate surface area is 97.8 Å². The second-order valence-electron chi connectivity index (χ2n) is 3.62. The average Bonchev–Trinajstić information content (AvgIpc) is 2.29. The molecule has 8 nitrogen and oxygen atoms in total. The van der Waals surface area contributed by atoms with Gasteiger partial charge in [-0.15, -0.1) is 0 Å². The standard InChI is InChI=1S/C9H17NO7/c1-2-16-9(15)10-5-7(13)6(12)4(3-11)17-8(5)14/h4-8,11-14H,2-3H2,1H3,(H,10,15)/t4-,5+,6+,7-,8-/m0/s1. The molecular formula is C9H17NO7. The first-order valence-corrected chi connectivity index (χ1v) is 5.25. The van der Waals surface area contributed by atoms with Crippen molar-refractivity contribution < 1.29 is 34.7 Å². The lowest BCUT2D eigenvalue weighted by Crippen LogP contribution is -2.64. The van der Waals surface area contributed by atoms with Crippen LogP contribution in [0.25, 0.3) is 0 Å². The van der Waals surface area contributed by atoms with Crippen molar-refractivity contribution in [3.05, 3.63) is 0 Å². The summed E-state index contributed by atoms with van der Waals surface area (Å²) in [5.41, 5.74) is 0. The van der Waals surface area contributed by atoms with E-state index in [1.54, 1.807) is 6.92 Å². The van der Waals surface area contributed by atoms with Crippen molar-refractivity contribution in [3.63, 3.8) is 0 Å². The van der Waals surface area contributed by atoms with Gasteiger partial charge >= 0.3 is 6.09 Å². The Bertz CT molecular complexity index is 262. The number of aliphatic hydroxyl groups is 4. The molecule has 1 saturated heterocycles. The molecule has 1 fully saturated rings. The van der Waals surface area contributed by atoms with E-state index < -0.39 is 43.3 Å². The number of hydrogen-bond acceptors (Lipinski definition) is 7. The van der Waals surface area contributed by atoms with Gasteiger partial charge in [-0.25, -0.2) is 4.79 Å². The molecule has 8 heteroatoms. The third kappa shape index (κ3) is 3.27. The highest BCUT2D eigenvalue weighted by atomic mass is 16.6. The minimum atomic E-state index is -1.53. The number of carbonyl (C=O) groups excluding carboxylic acids is 1. The van der Waals surface area contributed by atoms with Crippen molar-refractivity contribution in [2.45, 2.75) is 37.6 Å². The fourth-order valence-corrected chi connectivity index (χ4v) is 1.56. The quantitative estimate of drug-likeness (QED) is 0.376. The van der Waals surface area contributed by atoms with E-state index >= 15 is 0 Å². The Morgan fingerprint density at radius 1 is 1.35 bits per heavy atom. The molecule has 0 spiro atoms. The topological polar surface area (TPSA) is 128 Å². The normalized spacial score (nSPS) is 37.6. The van der Waals surface area contributed by atoms with Gasteiger partial charge in [-0.3, -0.25) is 0 Å². The van der Waals surface area contributed by atoms with Crippen molar-refractivity contribution in [2.24, 2.45) is 0 Å². The largest absolute Gasteiger partial charge is 0.450 e. The first-order chi connectivity index (χ1) is 8.01. The van der Waals surface area contributed by atoms with E-state index in [0.29, 0.717) is 0 Å². The smallest absolute Gasteiger partial charge is 0.407 e. The number of aliphatic hydroxyl groups excluding tert-OH is 4. The zero-order valence-electron chi connectivity index (χ0n) is 9.31. The monoisotopic (exact) mass is 251 g/mol. The molecule has 0 unspecified atom stereocenters. The highest BCUT2D eigenvalue weighted by Crippen LogP contribution is 2.19. The molecule has 0 aliphatic carbocycles. The van der Waals surface area contributed by atoms with Crippen LogP contribution < -0.4 is 5.32 Å². The average molecular weight is 251 g/mol. The Balaban J connectivity index is 2.63. The van der Waals surface area contributed by atoms with Crippen LogP contribution in [0.2, 0.25) is 0 Å². The summed E-state index contributed by atoms with van der Waals surface area (Å²) in [4.78, 5) is 11.1. The number of nitrogens with one attached hydrogen (secondary N) is 1. The van der Waals surface area contributed by atoms with Gasteiger partial charge in [0.05, 0.1) is 13.2 Å². The third-order valence-electron chi connectivity index (χ3n) is 2.46. The van der Waals surface area contributed by atoms with E-state index in [0.717, 1.165) is 0 Å². The van der Waals surface area contributed by atoms with E-state index in [2.05, 4.69) is 10.1 Å². The molecular weight excluding hydrogens is 234 g/mol. The molecule has 0 aromatic heterocycles. The summed E-state index contributed by atoms with van der Waals surface area (Å²) in [6.45, 7) is 1.18. The van der Waals surface area contributed by atoms with Crippen molar-refractivity contribution in [1.29, 1.82) is 0 Å². The van der Waals surface area contributed by atoms with Crippen LogP contribution in [0, 0.1) is 0 Å². The lowest BCUT2D eigenvalue weighted by Gasteiger charge is -2.39. The first-order valence-electron chi connectivity index (χ1n) is 5.25. The molecule has 1 aliphatic rings. The number of carbonyl (C=O) groups is 1. The zero-order chi connectivity index (χ0) is 13.0. The molecule has 100 valence electrons. The van der Waals surface area contributed by atoms with Gasteiger partial charge in [0.1, 0.15) is 24.4 Å². The van der Waals surface area contributed by atoms with Gasteiger partial charge in [0, 0.05) is 0 Å². The summed E-state index contributed by atoms with van der Waals surface area (Å²) in [6.07, 6.45) is -6.33. The Hall–Kier alpha value is -0.930. The lowest BCUT2D eigenvalue weighted by atomic mass is 9.97. The molecule has 0 aromatic carbocycles. The molecule has 17 heavy (non-hydrogen) atoms. The van der Waals surface area contributed by atoms with E-state index in [1.165, 1.54) is 0 Å². The van der Waals surface area contributed by atoms with Gasteiger partial charge in [0.25, 0.3) is 0 Å². The second kappa shape index (κ2) is 6.12. The zero-order valence-corrected chi connectivity index (χ0v) is 9.31. The molecule has 0 bridgehead atoms. The number of amides is 1. The second-order valence-corrected chi connectivity index (χ2v) is 3.62. The van der Waals surface area contributed by atoms with Gasteiger partial charge in [-0.2, -0.15) is 0 Å². The van der Waals surface area contributed by atoms with Gasteiger partial charge in [-0.05, 0) is 6.92 Å². The van der Waals surface area contributed by atoms with Crippen molar-refractivity contribution in [2.75, 3.05) is 13.2 Å². The van der Waals surface area contributed by atoms with Crippen LogP contribution in [0.5, 0.6) is 0 Å². The van der Waals surface area contributed by atoms with Crippen LogP contribution in [0.4, 0.5) is 4.79 Å². The highest BCUT2D eigenvalue weighted by Gasteiger charge is 2.44. The summed E-state index contributed by atoms with van der Waals surface area (Å²) in [6, 6.07) is -1.22. The SMILES string of the molecule is CCOC(=O)N[C@@H]1[C@H](O)[C@H](O)[C@H](CO)O[C@@H]1O. The molecule has 5 N–H and O–H groups in total. The number of alkyl carbamates (subject to hydrolysis) is 1. The van der Waals surface area contributed by atoms with E-state index in [-0.39, 0.29) is 6.61 Å². The van der Waals surface area contributed by atoms with Crippen LogP contribution in [-0.4, -0.2) is 70.4 Å². The predicted molar refractivity (Wildman–Crippen MR) is 53.9 cm³/mol. The maximum absolute atomic E-state index is 11.1. The molecule has 0 aromatic rings. The molecule has 1 aliphatic heterocycles. The summed E-state index contributed by atoms with van der Waals surface area (Å²) < 4.78 is 9.41. The molecule has 1 heterocycles. The Morgan fingerprint density at radius 3 is 2.53 bits per heavy atom. The van der Waals surface area contributed by atoms with Gasteiger partial charge in [-0.1, -0.05) is 0 Å². The van der Waals surface area contributed by atoms with Crippen molar-refractivity contribution >= 4 is 6.09 Å². The summed E-state index contributed by atoms with van der Waals surface area (Å²) in [5.74, 6) is 0. The van der Waals surface area contributed by atoms with Crippen LogP contribution in [0.3, 0.4) is 0 Å². The fraction of sp³-hybridized carbons (Fsp3) is 0.889. The molecule has 0 saturated carbocycles. The molecule has 1 amide bonds. The summed E-state index contributed by atoms with van der Waals surface area (Å²) >= 11 is 0. The first kappa shape index (κ1) is 14.1. The fourth-order valence-electron chi connectivity index (χ4n) is 1.56. The molecule has 0 radical (unpaired) electrons. The van der Waals surface area contributed by atoms with Crippen molar-refractivity contribution in [1.82, 2.24) is 5.32 Å². The van der Waals surface area contributed by atoms with E-state index in [1.807, 2.05) is 0 Å². The minimum absolute atomic E-state index is 0.132. The van der Waals surface area contributed by atoms with E-state index in [9.17, 15) is 20.1 Å². The number of ether oxygens (including phenoxy) is 2. The number of hydrogen-bond donors (Lipinski definition) is 5. The molecule has 5 atom stereocenters. The van der Waals surface area contributed by atoms with Crippen molar-refractivity contribution in [3.8, 4) is 0 Å². The number of rotatable bonds is 3. The Morgan fingerprint density at radius 2 is 2.00 bits per heavy atom. The van der Waals surface area contributed by atoms with Gasteiger partial charge in [0.2, 0.25) is 0 Å². The van der Waals surface area contributed by atoms with Crippen LogP contribution in [-0.2, 0) is 9.47 Å². The highest BCUT2D eigenvalue weighted by molar-refractivity contribution is 5.67. The predicted octanol–water partition coefficient (Wildman–Crippen LogP) is -2.47. The lowest BCUT2D eigenvalue weighted by molar-refractivity contribution is -0.253. The van der Waals surface area contributed by atoms with E-state index in [4.69, 9.17) is 9.84 Å². The maximum Gasteiger partial charge on any atom is 0.407 e. The maximum atomic E-state index is 11.1. The third-order valence-corrected chi connectivity index (χ3v) is 2.46. The minimum Gasteiger partial charge on any atom is -0.450 e. The summed E-state index contributed by atoms with van der Waals surface area (Å²) in [7, 11) is 0. The van der Waals surface area contributed by atoms with Crippen LogP contribution >= 0.6 is 0 Å². The van der Waals surface area contributed by atoms with Gasteiger partial charge in [0.15, 0.2) is 6.29 Å². The summed E-state index contributed by atoms with van der Waals surface area (Å²) in [5, 5.41) is 39.7. The van der Waals surface area contributed by atoms with Crippen LogP contribution in [0.15, 0.2) is 0 Å².